The molecule has 0 spiro atoms. The lowest BCUT2D eigenvalue weighted by Crippen LogP contribution is -2.40. The van der Waals surface area contributed by atoms with Crippen molar-refractivity contribution in [1.82, 2.24) is 4.90 Å². The van der Waals surface area contributed by atoms with Crippen molar-refractivity contribution in [3.05, 3.63) is 35.3 Å². The Labute approximate surface area is 146 Å². The average molecular weight is 302 g/mol. The molecule has 3 nitrogen and oxygen atoms in total. The van der Waals surface area contributed by atoms with Gasteiger partial charge in [0.1, 0.15) is 0 Å². The van der Waals surface area contributed by atoms with Crippen molar-refractivity contribution in [2.45, 2.75) is 39.4 Å². The minimum atomic E-state index is -3.41. The molecule has 1 aromatic rings. The summed E-state index contributed by atoms with van der Waals surface area (Å²) in [6.45, 7) is -6.08. The van der Waals surface area contributed by atoms with Crippen molar-refractivity contribution in [1.29, 1.82) is 0 Å². The molecule has 21 heavy (non-hydrogen) atoms. The second kappa shape index (κ2) is 7.08. The highest BCUT2D eigenvalue weighted by atomic mass is 16.5. The van der Waals surface area contributed by atoms with Gasteiger partial charge in [-0.1, -0.05) is 29.7 Å². The Morgan fingerprint density at radius 1 is 1.57 bits per heavy atom. The van der Waals surface area contributed by atoms with Crippen LogP contribution in [-0.2, 0) is 16.0 Å². The molecule has 1 fully saturated rings. The van der Waals surface area contributed by atoms with Crippen molar-refractivity contribution in [2.24, 2.45) is 5.41 Å². The molecule has 1 aliphatic rings. The van der Waals surface area contributed by atoms with Gasteiger partial charge < -0.3 is 9.64 Å². The Balaban J connectivity index is 2.70. The summed E-state index contributed by atoms with van der Waals surface area (Å²) < 4.78 is 108. The topological polar surface area (TPSA) is 29.5 Å². The summed E-state index contributed by atoms with van der Waals surface area (Å²) in [5, 5.41) is 0. The van der Waals surface area contributed by atoms with Crippen LogP contribution < -0.4 is 0 Å². The quantitative estimate of drug-likeness (QED) is 0.782. The smallest absolute Gasteiger partial charge is 0.306 e. The fourth-order valence-corrected chi connectivity index (χ4v) is 2.22. The summed E-state index contributed by atoms with van der Waals surface area (Å²) in [4.78, 5) is 14.1. The minimum absolute atomic E-state index is 0.0292. The highest BCUT2D eigenvalue weighted by Gasteiger charge is 2.36. The van der Waals surface area contributed by atoms with E-state index in [-0.39, 0.29) is 36.3 Å². The van der Waals surface area contributed by atoms with E-state index in [2.05, 4.69) is 4.74 Å². The maximum absolute atomic E-state index is 12.8. The van der Waals surface area contributed by atoms with Gasteiger partial charge in [0.05, 0.1) is 21.2 Å². The predicted octanol–water partition coefficient (Wildman–Crippen LogP) is 3.20. The normalized spacial score (nSPS) is 33.5. The monoisotopic (exact) mass is 302 g/mol. The molecule has 1 aliphatic heterocycles. The minimum Gasteiger partial charge on any atom is -0.466 e. The predicted molar refractivity (Wildman–Crippen MR) is 85.3 cm³/mol. The number of hydrogen-bond donors (Lipinski definition) is 0. The summed E-state index contributed by atoms with van der Waals surface area (Å²) in [5.74, 6) is -1.49. The number of carbonyl (C=O) groups excluding carboxylic acids is 1. The summed E-state index contributed by atoms with van der Waals surface area (Å²) in [6.07, 6.45) is -6.74. The number of likely N-dealkylation sites (tertiary alicyclic amines) is 1. The lowest BCUT2D eigenvalue weighted by atomic mass is 9.71. The molecule has 0 atom stereocenters. The number of ether oxygens (including phenoxy) is 1. The van der Waals surface area contributed by atoms with Crippen LogP contribution in [0.2, 0.25) is 0 Å². The van der Waals surface area contributed by atoms with E-state index in [9.17, 15) is 4.79 Å². The molecule has 0 saturated carbocycles. The Morgan fingerprint density at radius 2 is 2.33 bits per heavy atom. The fourth-order valence-electron chi connectivity index (χ4n) is 2.22. The van der Waals surface area contributed by atoms with Crippen molar-refractivity contribution >= 4 is 5.97 Å². The summed E-state index contributed by atoms with van der Waals surface area (Å²) in [5.41, 5.74) is -2.51. The molecule has 1 saturated heterocycles. The highest BCUT2D eigenvalue weighted by Crippen LogP contribution is 2.38. The van der Waals surface area contributed by atoms with Crippen LogP contribution in [0.3, 0.4) is 0 Å². The molecule has 0 amide bonds. The molecular weight excluding hydrogens is 262 g/mol. The number of hydrogen-bond acceptors (Lipinski definition) is 3. The summed E-state index contributed by atoms with van der Waals surface area (Å²) in [6, 6.07) is -1.83. The van der Waals surface area contributed by atoms with Crippen molar-refractivity contribution < 1.29 is 27.4 Å². The molecule has 0 bridgehead atoms. The maximum atomic E-state index is 12.8. The van der Waals surface area contributed by atoms with Crippen molar-refractivity contribution in [3.8, 4) is 0 Å². The first-order chi connectivity index (χ1) is 15.1. The van der Waals surface area contributed by atoms with Crippen LogP contribution in [0.15, 0.2) is 24.2 Å². The number of carbonyl (C=O) groups is 1. The molecule has 0 aliphatic carbocycles. The van der Waals surface area contributed by atoms with Crippen LogP contribution in [0.25, 0.3) is 0 Å². The van der Waals surface area contributed by atoms with Crippen LogP contribution in [0.4, 0.5) is 0 Å². The second-order valence-corrected chi connectivity index (χ2v) is 5.14. The number of piperidine rings is 1. The van der Waals surface area contributed by atoms with E-state index >= 15 is 0 Å². The standard InChI is InChI=1S/C18H27NO2/c1-4-21-17(20)14-18(8-10-19(3)11-9-18)13-16-7-5-6-15(2)12-16/h5-7,12H,4,8-11,13-14H2,1-3H3/i1D3,4D2,5D,6D,7D,8D2,9D2,12D. The van der Waals surface area contributed by atoms with Gasteiger partial charge in [0.2, 0.25) is 0 Å². The third-order valence-electron chi connectivity index (χ3n) is 3.27. The molecule has 1 heterocycles. The molecule has 116 valence electrons. The first-order valence-electron chi connectivity index (χ1n) is 13.1. The van der Waals surface area contributed by atoms with Gasteiger partial charge in [-0.25, -0.2) is 0 Å². The van der Waals surface area contributed by atoms with E-state index in [0.717, 1.165) is 0 Å². The first kappa shape index (κ1) is 6.04. The zero-order chi connectivity index (χ0) is 26.7. The number of esters is 1. The van der Waals surface area contributed by atoms with Gasteiger partial charge in [-0.3, -0.25) is 4.79 Å². The zero-order valence-electron chi connectivity index (χ0n) is 25.1. The third kappa shape index (κ3) is 4.57. The molecule has 0 unspecified atom stereocenters. The van der Waals surface area contributed by atoms with Crippen LogP contribution in [0.5, 0.6) is 0 Å². The molecule has 3 heteroatoms. The van der Waals surface area contributed by atoms with Crippen LogP contribution >= 0.6 is 0 Å². The van der Waals surface area contributed by atoms with Crippen molar-refractivity contribution in [3.63, 3.8) is 0 Å². The van der Waals surface area contributed by atoms with Gasteiger partial charge in [0.15, 0.2) is 0 Å². The second-order valence-electron chi connectivity index (χ2n) is 5.14. The molecular formula is C18H27NO2. The van der Waals surface area contributed by atoms with Gasteiger partial charge in [-0.05, 0) is 64.1 Å². The summed E-state index contributed by atoms with van der Waals surface area (Å²) in [7, 11) is 1.47. The molecule has 0 aromatic heterocycles. The molecule has 2 rings (SSSR count). The van der Waals surface area contributed by atoms with Crippen LogP contribution in [-0.4, -0.2) is 37.6 Å². The van der Waals surface area contributed by atoms with E-state index in [4.69, 9.17) is 17.8 Å². The van der Waals surface area contributed by atoms with Crippen molar-refractivity contribution in [2.75, 3.05) is 26.7 Å². The van der Waals surface area contributed by atoms with Gasteiger partial charge in [-0.15, -0.1) is 0 Å². The Kier molecular flexibility index (Phi) is 2.03. The molecule has 0 radical (unpaired) electrons. The van der Waals surface area contributed by atoms with Gasteiger partial charge in [-0.2, -0.15) is 0 Å². The lowest BCUT2D eigenvalue weighted by Gasteiger charge is -2.40. The van der Waals surface area contributed by atoms with Gasteiger partial charge >= 0.3 is 5.97 Å². The van der Waals surface area contributed by atoms with E-state index in [1.807, 2.05) is 0 Å². The third-order valence-corrected chi connectivity index (χ3v) is 3.27. The van der Waals surface area contributed by atoms with Gasteiger partial charge in [0.25, 0.3) is 0 Å². The summed E-state index contributed by atoms with van der Waals surface area (Å²) >= 11 is 0. The fraction of sp³-hybridized carbons (Fsp3) is 0.611. The van der Waals surface area contributed by atoms with Crippen LogP contribution in [0, 0.1) is 12.3 Å². The maximum Gasteiger partial charge on any atom is 0.306 e. The highest BCUT2D eigenvalue weighted by molar-refractivity contribution is 5.70. The SMILES string of the molecule is [2H]c1c([2H])c(C)c([2H])c(CC2(CC(=O)OC([2H])([2H])C([2H])([2H])[2H])C([2H])([2H])CN(C)CC2([2H])[2H])c1[2H]. The number of nitrogens with zero attached hydrogens (tertiary/aromatic N) is 1. The van der Waals surface area contributed by atoms with E-state index in [1.165, 1.54) is 18.9 Å². The Morgan fingerprint density at radius 3 is 3.05 bits per heavy atom. The number of rotatable bonds is 5. The molecule has 1 aromatic carbocycles. The lowest BCUT2D eigenvalue weighted by molar-refractivity contribution is -0.146. The molecule has 0 N–H and O–H groups in total. The largest absolute Gasteiger partial charge is 0.466 e. The van der Waals surface area contributed by atoms with Crippen LogP contribution in [0.1, 0.15) is 55.0 Å². The Hall–Kier alpha value is -1.35. The van der Waals surface area contributed by atoms with Gasteiger partial charge in [0, 0.05) is 9.60 Å². The van der Waals surface area contributed by atoms with E-state index in [1.54, 1.807) is 0 Å². The Bertz CT molecular complexity index is 927. The first-order valence-corrected chi connectivity index (χ1v) is 6.56. The average Bonchev–Trinajstić information content (AvgIpc) is 2.63. The number of benzene rings is 1. The zero-order valence-corrected chi connectivity index (χ0v) is 12.1. The van der Waals surface area contributed by atoms with E-state index in [0.29, 0.717) is 0 Å². The van der Waals surface area contributed by atoms with E-state index < -0.39 is 62.5 Å².